The molecule has 0 atom stereocenters. The zero-order valence-electron chi connectivity index (χ0n) is 11.2. The summed E-state index contributed by atoms with van der Waals surface area (Å²) >= 11 is 1.47. The van der Waals surface area contributed by atoms with Crippen LogP contribution in [0.4, 0.5) is 0 Å². The van der Waals surface area contributed by atoms with Crippen LogP contribution in [0.5, 0.6) is 17.2 Å². The highest BCUT2D eigenvalue weighted by molar-refractivity contribution is 7.22. The quantitative estimate of drug-likeness (QED) is 0.556. The zero-order chi connectivity index (χ0) is 15.0. The summed E-state index contributed by atoms with van der Waals surface area (Å²) in [5.74, 6) is 0.237. The van der Waals surface area contributed by atoms with Gasteiger partial charge in [-0.05, 0) is 42.0 Å². The van der Waals surface area contributed by atoms with Crippen LogP contribution in [0.15, 0.2) is 42.5 Å². The molecule has 2 N–H and O–H groups in total. The first-order chi connectivity index (χ1) is 10.0. The van der Waals surface area contributed by atoms with E-state index in [2.05, 4.69) is 0 Å². The van der Waals surface area contributed by atoms with E-state index in [1.54, 1.807) is 18.2 Å². The Kier molecular flexibility index (Phi) is 3.27. The summed E-state index contributed by atoms with van der Waals surface area (Å²) in [4.78, 5) is 11.8. The Bertz CT molecular complexity index is 818. The van der Waals surface area contributed by atoms with Crippen LogP contribution in [0.25, 0.3) is 20.5 Å². The van der Waals surface area contributed by atoms with Gasteiger partial charge in [0.2, 0.25) is 0 Å². The number of hydrogen-bond donors (Lipinski definition) is 2. The lowest BCUT2D eigenvalue weighted by Gasteiger charge is -2.02. The Morgan fingerprint density at radius 1 is 1.10 bits per heavy atom. The molecule has 1 aromatic heterocycles. The molecule has 0 aliphatic heterocycles. The van der Waals surface area contributed by atoms with E-state index >= 15 is 0 Å². The van der Waals surface area contributed by atoms with Gasteiger partial charge in [-0.1, -0.05) is 0 Å². The Morgan fingerprint density at radius 3 is 2.48 bits per heavy atom. The van der Waals surface area contributed by atoms with Gasteiger partial charge in [-0.3, -0.25) is 4.79 Å². The van der Waals surface area contributed by atoms with Crippen molar-refractivity contribution in [1.82, 2.24) is 0 Å². The van der Waals surface area contributed by atoms with Crippen molar-refractivity contribution in [2.45, 2.75) is 6.92 Å². The fraction of sp³-hybridized carbons (Fsp3) is 0.0625. The Morgan fingerprint density at radius 2 is 1.81 bits per heavy atom. The summed E-state index contributed by atoms with van der Waals surface area (Å²) in [6.07, 6.45) is 0. The molecule has 0 saturated carbocycles. The first-order valence-electron chi connectivity index (χ1n) is 6.27. The number of hydrogen-bond acceptors (Lipinski definition) is 5. The van der Waals surface area contributed by atoms with Crippen molar-refractivity contribution in [2.75, 3.05) is 0 Å². The minimum absolute atomic E-state index is 0.0404. The predicted molar refractivity (Wildman–Crippen MR) is 81.9 cm³/mol. The van der Waals surface area contributed by atoms with E-state index in [9.17, 15) is 15.0 Å². The number of esters is 1. The summed E-state index contributed by atoms with van der Waals surface area (Å²) in [6, 6.07) is 11.9. The molecule has 3 rings (SSSR count). The Labute approximate surface area is 124 Å². The van der Waals surface area contributed by atoms with Crippen LogP contribution in [0.3, 0.4) is 0 Å². The molecular weight excluding hydrogens is 288 g/mol. The van der Waals surface area contributed by atoms with E-state index in [0.29, 0.717) is 11.1 Å². The molecular formula is C16H12O4S. The van der Waals surface area contributed by atoms with Gasteiger partial charge in [0.1, 0.15) is 17.2 Å². The molecule has 0 bridgehead atoms. The molecule has 4 nitrogen and oxygen atoms in total. The molecule has 3 aromatic rings. The van der Waals surface area contributed by atoms with Gasteiger partial charge < -0.3 is 14.9 Å². The first-order valence-corrected chi connectivity index (χ1v) is 7.09. The van der Waals surface area contributed by atoms with Crippen molar-refractivity contribution in [1.29, 1.82) is 0 Å². The van der Waals surface area contributed by atoms with E-state index < -0.39 is 0 Å². The Balaban J connectivity index is 2.00. The van der Waals surface area contributed by atoms with Crippen molar-refractivity contribution >= 4 is 27.4 Å². The topological polar surface area (TPSA) is 66.8 Å². The minimum atomic E-state index is -0.356. The molecule has 21 heavy (non-hydrogen) atoms. The number of benzene rings is 2. The van der Waals surface area contributed by atoms with Gasteiger partial charge in [0.05, 0.1) is 0 Å². The van der Waals surface area contributed by atoms with Gasteiger partial charge in [0.25, 0.3) is 0 Å². The summed E-state index contributed by atoms with van der Waals surface area (Å²) in [5.41, 5.74) is 0.950. The van der Waals surface area contributed by atoms with E-state index in [1.807, 2.05) is 18.2 Å². The van der Waals surface area contributed by atoms with Gasteiger partial charge in [0.15, 0.2) is 0 Å². The van der Waals surface area contributed by atoms with Gasteiger partial charge in [-0.2, -0.15) is 0 Å². The van der Waals surface area contributed by atoms with Gasteiger partial charge in [-0.25, -0.2) is 0 Å². The predicted octanol–water partition coefficient (Wildman–Crippen LogP) is 3.90. The van der Waals surface area contributed by atoms with E-state index in [0.717, 1.165) is 15.1 Å². The third-order valence-corrected chi connectivity index (χ3v) is 4.13. The lowest BCUT2D eigenvalue weighted by atomic mass is 10.1. The van der Waals surface area contributed by atoms with Gasteiger partial charge >= 0.3 is 5.97 Å². The van der Waals surface area contributed by atoms with Crippen LogP contribution in [-0.2, 0) is 4.79 Å². The molecule has 0 spiro atoms. The normalized spacial score (nSPS) is 10.7. The number of carbonyl (C=O) groups excluding carboxylic acids is 1. The van der Waals surface area contributed by atoms with Crippen molar-refractivity contribution in [3.05, 3.63) is 42.5 Å². The molecule has 0 aliphatic rings. The van der Waals surface area contributed by atoms with E-state index in [4.69, 9.17) is 4.74 Å². The Hall–Kier alpha value is -2.53. The van der Waals surface area contributed by atoms with Gasteiger partial charge in [-0.15, -0.1) is 11.3 Å². The summed E-state index contributed by atoms with van der Waals surface area (Å²) in [6.45, 7) is 1.36. The van der Waals surface area contributed by atoms with E-state index in [-0.39, 0.29) is 17.5 Å². The molecule has 1 heterocycles. The first kappa shape index (κ1) is 13.5. The molecule has 0 aliphatic carbocycles. The molecule has 0 fully saturated rings. The molecule has 0 saturated heterocycles. The summed E-state index contributed by atoms with van der Waals surface area (Å²) in [5, 5.41) is 20.1. The van der Waals surface area contributed by atoms with Crippen molar-refractivity contribution in [3.63, 3.8) is 0 Å². The number of ether oxygens (including phenoxy) is 1. The number of phenols is 2. The number of thiophene rings is 1. The summed E-state index contributed by atoms with van der Waals surface area (Å²) in [7, 11) is 0. The molecule has 0 amide bonds. The van der Waals surface area contributed by atoms with Crippen LogP contribution in [0, 0.1) is 0 Å². The molecule has 106 valence electrons. The van der Waals surface area contributed by atoms with Crippen LogP contribution in [0.2, 0.25) is 0 Å². The smallest absolute Gasteiger partial charge is 0.308 e. The zero-order valence-corrected chi connectivity index (χ0v) is 12.0. The molecule has 2 aromatic carbocycles. The third kappa shape index (κ3) is 2.68. The second kappa shape index (κ2) is 5.10. The van der Waals surface area contributed by atoms with Crippen LogP contribution < -0.4 is 4.74 Å². The fourth-order valence-electron chi connectivity index (χ4n) is 2.10. The van der Waals surface area contributed by atoms with Gasteiger partial charge in [0, 0.05) is 28.0 Å². The number of aromatic hydroxyl groups is 2. The monoisotopic (exact) mass is 300 g/mol. The second-order valence-electron chi connectivity index (χ2n) is 4.61. The number of carbonyl (C=O) groups is 1. The average molecular weight is 300 g/mol. The SMILES string of the molecule is CC(=O)Oc1ccc(-c2cc3c(O)cc(O)cc3s2)cc1. The fourth-order valence-corrected chi connectivity index (χ4v) is 3.22. The van der Waals surface area contributed by atoms with E-state index in [1.165, 1.54) is 24.3 Å². The highest BCUT2D eigenvalue weighted by Gasteiger charge is 2.09. The summed E-state index contributed by atoms with van der Waals surface area (Å²) < 4.78 is 5.80. The lowest BCUT2D eigenvalue weighted by molar-refractivity contribution is -0.131. The lowest BCUT2D eigenvalue weighted by Crippen LogP contribution is -2.00. The van der Waals surface area contributed by atoms with Crippen molar-refractivity contribution in [2.24, 2.45) is 0 Å². The molecule has 0 radical (unpaired) electrons. The van der Waals surface area contributed by atoms with Crippen LogP contribution >= 0.6 is 11.3 Å². The highest BCUT2D eigenvalue weighted by atomic mass is 32.1. The average Bonchev–Trinajstić information content (AvgIpc) is 2.83. The van der Waals surface area contributed by atoms with Crippen molar-refractivity contribution < 1.29 is 19.7 Å². The number of fused-ring (bicyclic) bond motifs is 1. The largest absolute Gasteiger partial charge is 0.508 e. The number of phenolic OH excluding ortho intramolecular Hbond substituents is 2. The third-order valence-electron chi connectivity index (χ3n) is 3.00. The number of rotatable bonds is 2. The van der Waals surface area contributed by atoms with Crippen molar-refractivity contribution in [3.8, 4) is 27.7 Å². The second-order valence-corrected chi connectivity index (χ2v) is 5.69. The molecule has 0 unspecified atom stereocenters. The van der Waals surface area contributed by atoms with Crippen LogP contribution in [0.1, 0.15) is 6.92 Å². The highest BCUT2D eigenvalue weighted by Crippen LogP contribution is 2.40. The van der Waals surface area contributed by atoms with Crippen LogP contribution in [-0.4, -0.2) is 16.2 Å². The maximum Gasteiger partial charge on any atom is 0.308 e. The minimum Gasteiger partial charge on any atom is -0.508 e. The standard InChI is InChI=1S/C16H12O4S/c1-9(17)20-12-4-2-10(3-5-12)15-8-13-14(19)6-11(18)7-16(13)21-15/h2-8,18-19H,1H3. The maximum atomic E-state index is 10.9. The maximum absolute atomic E-state index is 10.9. The molecule has 5 heteroatoms.